The van der Waals surface area contributed by atoms with E-state index in [2.05, 4.69) is 0 Å². The van der Waals surface area contributed by atoms with E-state index in [1.54, 1.807) is 14.2 Å². The predicted octanol–water partition coefficient (Wildman–Crippen LogP) is 3.01. The van der Waals surface area contributed by atoms with Gasteiger partial charge in [-0.25, -0.2) is 0 Å². The first-order valence-corrected chi connectivity index (χ1v) is 5.65. The van der Waals surface area contributed by atoms with Crippen LogP contribution in [-0.2, 0) is 0 Å². The van der Waals surface area contributed by atoms with Gasteiger partial charge in [0.25, 0.3) is 0 Å². The van der Waals surface area contributed by atoms with Crippen LogP contribution in [0, 0.1) is 0 Å². The summed E-state index contributed by atoms with van der Waals surface area (Å²) in [5.74, 6) is 2.49. The van der Waals surface area contributed by atoms with E-state index in [1.165, 1.54) is 0 Å². The third-order valence-electron chi connectivity index (χ3n) is 2.30. The molecule has 0 saturated carbocycles. The highest BCUT2D eigenvalue weighted by Crippen LogP contribution is 2.31. The van der Waals surface area contributed by atoms with Crippen LogP contribution >= 0.6 is 12.0 Å². The molecule has 0 bridgehead atoms. The second-order valence-electron chi connectivity index (χ2n) is 3.30. The highest BCUT2D eigenvalue weighted by Gasteiger charge is 2.12. The molecule has 1 rings (SSSR count). The van der Waals surface area contributed by atoms with Gasteiger partial charge in [-0.2, -0.15) is 0 Å². The Morgan fingerprint density at radius 1 is 1.33 bits per heavy atom. The van der Waals surface area contributed by atoms with Gasteiger partial charge >= 0.3 is 0 Å². The molecule has 0 radical (unpaired) electrons. The van der Waals surface area contributed by atoms with Gasteiger partial charge in [0.05, 0.1) is 14.2 Å². The summed E-state index contributed by atoms with van der Waals surface area (Å²) in [6.07, 6.45) is 0. The van der Waals surface area contributed by atoms with Crippen molar-refractivity contribution in [2.75, 3.05) is 20.0 Å². The van der Waals surface area contributed by atoms with Crippen molar-refractivity contribution in [3.63, 3.8) is 0 Å². The van der Waals surface area contributed by atoms with Crippen LogP contribution in [0.3, 0.4) is 0 Å². The maximum Gasteiger partial charge on any atom is 0.126 e. The van der Waals surface area contributed by atoms with Crippen LogP contribution in [0.1, 0.15) is 18.4 Å². The Morgan fingerprint density at radius 2 is 2.07 bits per heavy atom. The summed E-state index contributed by atoms with van der Waals surface area (Å²) in [4.78, 5) is 0. The van der Waals surface area contributed by atoms with E-state index in [1.807, 2.05) is 25.1 Å². The highest BCUT2D eigenvalue weighted by atomic mass is 32.2. The summed E-state index contributed by atoms with van der Waals surface area (Å²) in [5, 5.41) is 0. The second kappa shape index (κ2) is 5.88. The smallest absolute Gasteiger partial charge is 0.126 e. The molecule has 1 aromatic carbocycles. The van der Waals surface area contributed by atoms with Crippen LogP contribution in [0.2, 0.25) is 0 Å². The lowest BCUT2D eigenvalue weighted by molar-refractivity contribution is 0.390. The molecule has 0 heterocycles. The normalized spacial score (nSPS) is 12.3. The van der Waals surface area contributed by atoms with Crippen molar-refractivity contribution in [1.82, 2.24) is 0 Å². The molecular weight excluding hydrogens is 212 g/mol. The molecule has 4 heteroatoms. The van der Waals surface area contributed by atoms with Crippen LogP contribution in [0.25, 0.3) is 0 Å². The number of hydrogen-bond donors (Lipinski definition) is 1. The van der Waals surface area contributed by atoms with Gasteiger partial charge in [-0.3, -0.25) is 0 Å². The van der Waals surface area contributed by atoms with Crippen molar-refractivity contribution in [3.8, 4) is 11.5 Å². The van der Waals surface area contributed by atoms with Crippen molar-refractivity contribution in [2.24, 2.45) is 0 Å². The summed E-state index contributed by atoms with van der Waals surface area (Å²) < 4.78 is 19.2. The molecule has 1 atom stereocenters. The molecule has 0 aliphatic heterocycles. The number of methoxy groups -OCH3 is 2. The van der Waals surface area contributed by atoms with E-state index in [0.717, 1.165) is 29.1 Å². The fourth-order valence-corrected chi connectivity index (χ4v) is 1.83. The van der Waals surface area contributed by atoms with E-state index in [-0.39, 0.29) is 5.92 Å². The average Bonchev–Trinajstić information content (AvgIpc) is 2.28. The minimum Gasteiger partial charge on any atom is -0.497 e. The summed E-state index contributed by atoms with van der Waals surface area (Å²) >= 11 is 0.847. The molecule has 0 amide bonds. The number of ether oxygens (including phenoxy) is 2. The Labute approximate surface area is 94.6 Å². The zero-order valence-corrected chi connectivity index (χ0v) is 10.0. The first kappa shape index (κ1) is 12.2. The van der Waals surface area contributed by atoms with Gasteiger partial charge in [0, 0.05) is 11.8 Å². The molecule has 15 heavy (non-hydrogen) atoms. The molecule has 1 N–H and O–H groups in total. The molecule has 0 spiro atoms. The molecule has 0 aliphatic rings. The molecular formula is C11H16O3S. The zero-order valence-electron chi connectivity index (χ0n) is 9.19. The minimum absolute atomic E-state index is 0.251. The van der Waals surface area contributed by atoms with E-state index in [4.69, 9.17) is 14.0 Å². The van der Waals surface area contributed by atoms with Crippen molar-refractivity contribution in [2.45, 2.75) is 12.8 Å². The Balaban J connectivity index is 2.96. The quantitative estimate of drug-likeness (QED) is 0.786. The SMILES string of the molecule is COc1ccc(C(C)CSO)c(OC)c1. The first-order valence-electron chi connectivity index (χ1n) is 4.71. The lowest BCUT2D eigenvalue weighted by Gasteiger charge is -2.15. The third-order valence-corrected chi connectivity index (χ3v) is 2.95. The summed E-state index contributed by atoms with van der Waals surface area (Å²) in [7, 11) is 3.26. The molecule has 0 aliphatic carbocycles. The van der Waals surface area contributed by atoms with Gasteiger partial charge in [0.15, 0.2) is 0 Å². The molecule has 1 unspecified atom stereocenters. The highest BCUT2D eigenvalue weighted by molar-refractivity contribution is 7.93. The summed E-state index contributed by atoms with van der Waals surface area (Å²) in [5.41, 5.74) is 1.08. The molecule has 0 fully saturated rings. The van der Waals surface area contributed by atoms with Crippen molar-refractivity contribution in [3.05, 3.63) is 23.8 Å². The van der Waals surface area contributed by atoms with E-state index in [9.17, 15) is 0 Å². The van der Waals surface area contributed by atoms with Gasteiger partial charge in [-0.1, -0.05) is 13.0 Å². The number of rotatable bonds is 5. The third kappa shape index (κ3) is 3.04. The fraction of sp³-hybridized carbons (Fsp3) is 0.455. The predicted molar refractivity (Wildman–Crippen MR) is 63.0 cm³/mol. The maximum absolute atomic E-state index is 8.81. The monoisotopic (exact) mass is 228 g/mol. The van der Waals surface area contributed by atoms with E-state index >= 15 is 0 Å². The molecule has 0 aromatic heterocycles. The first-order chi connectivity index (χ1) is 7.22. The summed E-state index contributed by atoms with van der Waals surface area (Å²) in [6, 6.07) is 5.73. The van der Waals surface area contributed by atoms with E-state index in [0.29, 0.717) is 5.75 Å². The number of benzene rings is 1. The molecule has 0 saturated heterocycles. The van der Waals surface area contributed by atoms with Gasteiger partial charge < -0.3 is 14.0 Å². The van der Waals surface area contributed by atoms with Gasteiger partial charge in [-0.05, 0) is 29.6 Å². The molecule has 84 valence electrons. The maximum atomic E-state index is 8.81. The topological polar surface area (TPSA) is 38.7 Å². The van der Waals surface area contributed by atoms with Gasteiger partial charge in [0.1, 0.15) is 11.5 Å². The van der Waals surface area contributed by atoms with Crippen LogP contribution in [0.4, 0.5) is 0 Å². The lowest BCUT2D eigenvalue weighted by Crippen LogP contribution is -2.00. The van der Waals surface area contributed by atoms with Crippen LogP contribution in [0.5, 0.6) is 11.5 Å². The summed E-state index contributed by atoms with van der Waals surface area (Å²) in [6.45, 7) is 2.05. The Bertz CT molecular complexity index is 315. The standard InChI is InChI=1S/C11H16O3S/c1-8(7-15-12)10-5-4-9(13-2)6-11(10)14-3/h4-6,8,12H,7H2,1-3H3. The van der Waals surface area contributed by atoms with E-state index < -0.39 is 0 Å². The van der Waals surface area contributed by atoms with Crippen molar-refractivity contribution in [1.29, 1.82) is 0 Å². The Kier molecular flexibility index (Phi) is 4.78. The Hall–Kier alpha value is -0.870. The average molecular weight is 228 g/mol. The lowest BCUT2D eigenvalue weighted by atomic mass is 10.0. The molecule has 1 aromatic rings. The van der Waals surface area contributed by atoms with Crippen molar-refractivity contribution >= 4 is 12.0 Å². The van der Waals surface area contributed by atoms with Crippen LogP contribution < -0.4 is 9.47 Å². The zero-order chi connectivity index (χ0) is 11.3. The number of hydrogen-bond acceptors (Lipinski definition) is 4. The second-order valence-corrected chi connectivity index (χ2v) is 3.90. The molecule has 3 nitrogen and oxygen atoms in total. The van der Waals surface area contributed by atoms with Gasteiger partial charge in [-0.15, -0.1) is 0 Å². The van der Waals surface area contributed by atoms with Crippen LogP contribution in [0.15, 0.2) is 18.2 Å². The fourth-order valence-electron chi connectivity index (χ4n) is 1.43. The van der Waals surface area contributed by atoms with Crippen molar-refractivity contribution < 1.29 is 14.0 Å². The largest absolute Gasteiger partial charge is 0.497 e. The minimum atomic E-state index is 0.251. The van der Waals surface area contributed by atoms with Crippen LogP contribution in [-0.4, -0.2) is 24.5 Å². The Morgan fingerprint density at radius 3 is 2.60 bits per heavy atom. The van der Waals surface area contributed by atoms with Gasteiger partial charge in [0.2, 0.25) is 0 Å².